The lowest BCUT2D eigenvalue weighted by Gasteiger charge is -2.10. The summed E-state index contributed by atoms with van der Waals surface area (Å²) in [7, 11) is 0. The van der Waals surface area contributed by atoms with Crippen LogP contribution in [0.1, 0.15) is 57.1 Å². The highest BCUT2D eigenvalue weighted by Gasteiger charge is 2.22. The van der Waals surface area contributed by atoms with Gasteiger partial charge in [0.2, 0.25) is 0 Å². The maximum atomic E-state index is 13.5. The predicted octanol–water partition coefficient (Wildman–Crippen LogP) is 5.39. The average Bonchev–Trinajstić information content (AvgIpc) is 3.50. The molecule has 0 saturated heterocycles. The van der Waals surface area contributed by atoms with Gasteiger partial charge in [-0.1, -0.05) is 25.1 Å². The summed E-state index contributed by atoms with van der Waals surface area (Å²) in [5, 5.41) is 2.81. The fraction of sp³-hybridized carbons (Fsp3) is 0.185. The molecule has 0 bridgehead atoms. The number of thiazole rings is 1. The third-order valence-corrected chi connectivity index (χ3v) is 7.12. The van der Waals surface area contributed by atoms with Crippen molar-refractivity contribution in [3.8, 4) is 0 Å². The molecule has 3 aromatic heterocycles. The van der Waals surface area contributed by atoms with Crippen LogP contribution >= 0.6 is 11.3 Å². The van der Waals surface area contributed by atoms with E-state index in [1.807, 2.05) is 24.4 Å². The molecule has 0 saturated carbocycles. The zero-order chi connectivity index (χ0) is 24.5. The molecule has 0 amide bonds. The molecule has 5 nitrogen and oxygen atoms in total. The Hall–Kier alpha value is -3.78. The van der Waals surface area contributed by atoms with Crippen LogP contribution in [0.3, 0.4) is 0 Å². The largest absolute Gasteiger partial charge is 0.310 e. The Balaban J connectivity index is 1.31. The molecule has 0 fully saturated rings. The number of carbonyl (C=O) groups is 1. The van der Waals surface area contributed by atoms with Crippen molar-refractivity contribution in [3.05, 3.63) is 121 Å². The monoisotopic (exact) mass is 489 g/mol. The number of halogens is 2. The number of pyridine rings is 2. The van der Waals surface area contributed by atoms with Gasteiger partial charge in [0.1, 0.15) is 0 Å². The van der Waals surface area contributed by atoms with E-state index >= 15 is 0 Å². The number of nitrogens with zero attached hydrogens (tertiary/aromatic N) is 3. The van der Waals surface area contributed by atoms with Crippen molar-refractivity contribution in [3.63, 3.8) is 0 Å². The van der Waals surface area contributed by atoms with Gasteiger partial charge in [0.15, 0.2) is 17.4 Å². The second-order valence-corrected chi connectivity index (χ2v) is 9.41. The molecule has 0 aliphatic heterocycles. The molecular formula is C27H21F2N3O2S. The van der Waals surface area contributed by atoms with Crippen LogP contribution in [-0.2, 0) is 13.0 Å². The van der Waals surface area contributed by atoms with Gasteiger partial charge in [0.05, 0.1) is 28.5 Å². The van der Waals surface area contributed by atoms with Crippen LogP contribution in [0.4, 0.5) is 8.78 Å². The van der Waals surface area contributed by atoms with Crippen molar-refractivity contribution in [2.75, 3.05) is 0 Å². The van der Waals surface area contributed by atoms with Gasteiger partial charge in [-0.3, -0.25) is 14.6 Å². The van der Waals surface area contributed by atoms with Crippen LogP contribution in [0, 0.1) is 11.6 Å². The van der Waals surface area contributed by atoms with Crippen molar-refractivity contribution in [1.82, 2.24) is 14.5 Å². The number of carbonyl (C=O) groups excluding carboxylic acids is 1. The SMILES string of the molecule is C[C@@H](CC(=O)c1cccn(Cc2ccc(F)c(F)c2)c1=O)c1nc(C2=CCc3ncccc32)cs1. The van der Waals surface area contributed by atoms with Crippen LogP contribution in [0.5, 0.6) is 0 Å². The Kier molecular flexibility index (Phi) is 6.21. The van der Waals surface area contributed by atoms with E-state index in [1.165, 1.54) is 34.2 Å². The van der Waals surface area contributed by atoms with Crippen LogP contribution in [-0.4, -0.2) is 20.3 Å². The maximum Gasteiger partial charge on any atom is 0.261 e. The molecule has 1 aliphatic carbocycles. The lowest BCUT2D eigenvalue weighted by molar-refractivity contribution is 0.0973. The van der Waals surface area contributed by atoms with Crippen LogP contribution < -0.4 is 5.56 Å². The zero-order valence-electron chi connectivity index (χ0n) is 18.9. The summed E-state index contributed by atoms with van der Waals surface area (Å²) in [5.41, 5.74) is 4.06. The van der Waals surface area contributed by atoms with E-state index in [4.69, 9.17) is 4.98 Å². The lowest BCUT2D eigenvalue weighted by Crippen LogP contribution is -2.26. The van der Waals surface area contributed by atoms with E-state index in [1.54, 1.807) is 12.3 Å². The van der Waals surface area contributed by atoms with Gasteiger partial charge in [-0.05, 0) is 35.9 Å². The number of fused-ring (bicyclic) bond motifs is 1. The summed E-state index contributed by atoms with van der Waals surface area (Å²) < 4.78 is 28.1. The molecule has 35 heavy (non-hydrogen) atoms. The Morgan fingerprint density at radius 3 is 2.86 bits per heavy atom. The second kappa shape index (κ2) is 9.46. The number of rotatable bonds is 7. The van der Waals surface area contributed by atoms with Gasteiger partial charge >= 0.3 is 0 Å². The fourth-order valence-corrected chi connectivity index (χ4v) is 5.10. The molecule has 5 rings (SSSR count). The standard InChI is InChI=1S/C27H21F2N3O2S/c1-16(26-31-24(15-35-26)19-7-9-23-18(19)4-2-10-30-23)12-25(33)20-5-3-11-32(27(20)34)14-17-6-8-21(28)22(29)13-17/h2-8,10-11,13,15-16H,9,12,14H2,1H3/t16-/m0/s1. The Morgan fingerprint density at radius 1 is 1.17 bits per heavy atom. The van der Waals surface area contributed by atoms with Gasteiger partial charge in [-0.25, -0.2) is 13.8 Å². The summed E-state index contributed by atoms with van der Waals surface area (Å²) in [6.45, 7) is 1.95. The van der Waals surface area contributed by atoms with E-state index in [-0.39, 0.29) is 30.2 Å². The first-order valence-corrected chi connectivity index (χ1v) is 12.1. The first-order chi connectivity index (χ1) is 16.9. The minimum Gasteiger partial charge on any atom is -0.310 e. The van der Waals surface area contributed by atoms with Crippen molar-refractivity contribution < 1.29 is 13.6 Å². The van der Waals surface area contributed by atoms with Gasteiger partial charge in [0.25, 0.3) is 5.56 Å². The molecule has 1 aromatic carbocycles. The summed E-state index contributed by atoms with van der Waals surface area (Å²) in [4.78, 5) is 35.1. The normalized spacial score (nSPS) is 13.4. The second-order valence-electron chi connectivity index (χ2n) is 8.52. The minimum absolute atomic E-state index is 0.0357. The third-order valence-electron chi connectivity index (χ3n) is 6.05. The highest BCUT2D eigenvalue weighted by Crippen LogP contribution is 2.34. The summed E-state index contributed by atoms with van der Waals surface area (Å²) >= 11 is 1.49. The topological polar surface area (TPSA) is 64.8 Å². The predicted molar refractivity (Wildman–Crippen MR) is 131 cm³/mol. The molecule has 0 radical (unpaired) electrons. The Labute approximate surface area is 204 Å². The minimum atomic E-state index is -0.979. The van der Waals surface area contributed by atoms with E-state index < -0.39 is 17.2 Å². The number of allylic oxidation sites excluding steroid dienone is 1. The first-order valence-electron chi connectivity index (χ1n) is 11.2. The van der Waals surface area contributed by atoms with Gasteiger partial charge < -0.3 is 4.57 Å². The van der Waals surface area contributed by atoms with Crippen molar-refractivity contribution >= 4 is 22.7 Å². The highest BCUT2D eigenvalue weighted by molar-refractivity contribution is 7.09. The molecule has 0 N–H and O–H groups in total. The van der Waals surface area contributed by atoms with E-state index in [9.17, 15) is 18.4 Å². The van der Waals surface area contributed by atoms with Gasteiger partial charge in [-0.2, -0.15) is 0 Å². The molecular weight excluding hydrogens is 468 g/mol. The highest BCUT2D eigenvalue weighted by atomic mass is 32.1. The molecule has 1 aliphatic rings. The van der Waals surface area contributed by atoms with E-state index in [0.29, 0.717) is 5.56 Å². The summed E-state index contributed by atoms with van der Waals surface area (Å²) in [6, 6.07) is 10.5. The lowest BCUT2D eigenvalue weighted by atomic mass is 10.0. The number of ketones is 1. The van der Waals surface area contributed by atoms with Crippen molar-refractivity contribution in [2.45, 2.75) is 32.2 Å². The third kappa shape index (κ3) is 4.61. The quantitative estimate of drug-likeness (QED) is 0.327. The summed E-state index contributed by atoms with van der Waals surface area (Å²) in [6.07, 6.45) is 6.34. The molecule has 8 heteroatoms. The summed E-state index contributed by atoms with van der Waals surface area (Å²) in [5.74, 6) is -2.38. The van der Waals surface area contributed by atoms with E-state index in [0.717, 1.165) is 46.1 Å². The Bertz CT molecular complexity index is 1520. The Morgan fingerprint density at radius 2 is 2.03 bits per heavy atom. The van der Waals surface area contributed by atoms with Gasteiger partial charge in [-0.15, -0.1) is 11.3 Å². The molecule has 0 spiro atoms. The average molecular weight is 490 g/mol. The van der Waals surface area contributed by atoms with Crippen LogP contribution in [0.2, 0.25) is 0 Å². The smallest absolute Gasteiger partial charge is 0.261 e. The van der Waals surface area contributed by atoms with Gasteiger partial charge in [0, 0.05) is 47.7 Å². The number of benzene rings is 1. The maximum absolute atomic E-state index is 13.5. The molecule has 1 atom stereocenters. The van der Waals surface area contributed by atoms with Crippen LogP contribution in [0.15, 0.2) is 71.1 Å². The number of aromatic nitrogens is 3. The molecule has 176 valence electrons. The first kappa shape index (κ1) is 23.0. The van der Waals surface area contributed by atoms with Crippen molar-refractivity contribution in [1.29, 1.82) is 0 Å². The van der Waals surface area contributed by atoms with Crippen molar-refractivity contribution in [2.24, 2.45) is 0 Å². The van der Waals surface area contributed by atoms with Crippen LogP contribution in [0.25, 0.3) is 5.57 Å². The van der Waals surface area contributed by atoms with E-state index in [2.05, 4.69) is 11.1 Å². The molecule has 4 aromatic rings. The number of hydrogen-bond donors (Lipinski definition) is 0. The number of hydrogen-bond acceptors (Lipinski definition) is 5. The number of Topliss-reactive ketones (excluding diaryl/α,β-unsaturated/α-hetero) is 1. The fourth-order valence-electron chi connectivity index (χ4n) is 4.22. The molecule has 3 heterocycles. The zero-order valence-corrected chi connectivity index (χ0v) is 19.7. The molecule has 0 unspecified atom stereocenters.